The van der Waals surface area contributed by atoms with Crippen LogP contribution in [0.25, 0.3) is 0 Å². The van der Waals surface area contributed by atoms with Crippen molar-refractivity contribution in [2.45, 2.75) is 26.3 Å². The number of nitrogen functional groups attached to an aromatic ring is 2. The van der Waals surface area contributed by atoms with Gasteiger partial charge in [-0.3, -0.25) is 0 Å². The lowest BCUT2D eigenvalue weighted by molar-refractivity contribution is 0.464. The second kappa shape index (κ2) is 4.28. The molecular weight excluding hydrogens is 194 g/mol. The number of anilines is 3. The summed E-state index contributed by atoms with van der Waals surface area (Å²) in [6, 6.07) is 0. The maximum atomic E-state index is 5.75. The first-order valence-electron chi connectivity index (χ1n) is 4.54. The molecule has 0 aromatic carbocycles. The number of hydrogen-bond donors (Lipinski definition) is 5. The Morgan fingerprint density at radius 3 is 2.33 bits per heavy atom. The molecule has 0 aliphatic carbocycles. The van der Waals surface area contributed by atoms with E-state index in [-0.39, 0.29) is 5.54 Å². The Labute approximate surface area is 88.6 Å². The van der Waals surface area contributed by atoms with E-state index in [1.165, 1.54) is 6.33 Å². The van der Waals surface area contributed by atoms with Gasteiger partial charge in [-0.05, 0) is 20.8 Å². The van der Waals surface area contributed by atoms with Crippen LogP contribution in [-0.4, -0.2) is 15.5 Å². The Bertz CT molecular complexity index is 330. The summed E-state index contributed by atoms with van der Waals surface area (Å²) >= 11 is 0. The van der Waals surface area contributed by atoms with E-state index in [4.69, 9.17) is 11.6 Å². The minimum absolute atomic E-state index is 0.0896. The summed E-state index contributed by atoms with van der Waals surface area (Å²) in [5.41, 5.74) is 14.4. The predicted octanol–water partition coefficient (Wildman–Crippen LogP) is 0.0594. The fourth-order valence-corrected chi connectivity index (χ4v) is 0.857. The standard InChI is InChI=1S/C8H17N7/c1-8(2,3)15-14-7-5(9)6(13-10)11-4-12-7/h4,15H,9-10H2,1-3H3,(H2,11,12,13,14). The summed E-state index contributed by atoms with van der Waals surface area (Å²) in [7, 11) is 0. The van der Waals surface area contributed by atoms with E-state index in [2.05, 4.69) is 26.2 Å². The highest BCUT2D eigenvalue weighted by Crippen LogP contribution is 2.20. The molecule has 84 valence electrons. The van der Waals surface area contributed by atoms with Crippen LogP contribution in [0.2, 0.25) is 0 Å². The fraction of sp³-hybridized carbons (Fsp3) is 0.500. The smallest absolute Gasteiger partial charge is 0.169 e. The van der Waals surface area contributed by atoms with Gasteiger partial charge in [0.1, 0.15) is 12.0 Å². The van der Waals surface area contributed by atoms with Crippen LogP contribution in [0.4, 0.5) is 17.3 Å². The number of aromatic nitrogens is 2. The molecule has 0 saturated carbocycles. The molecular formula is C8H17N7. The molecule has 0 fully saturated rings. The molecule has 1 aromatic heterocycles. The number of rotatable bonds is 3. The molecule has 0 aliphatic heterocycles. The van der Waals surface area contributed by atoms with Crippen molar-refractivity contribution in [2.24, 2.45) is 5.84 Å². The Balaban J connectivity index is 2.78. The fourth-order valence-electron chi connectivity index (χ4n) is 0.857. The quantitative estimate of drug-likeness (QED) is 0.355. The highest BCUT2D eigenvalue weighted by atomic mass is 15.4. The Kier molecular flexibility index (Phi) is 3.28. The molecule has 0 amide bonds. The van der Waals surface area contributed by atoms with Crippen molar-refractivity contribution in [2.75, 3.05) is 16.6 Å². The van der Waals surface area contributed by atoms with E-state index in [1.54, 1.807) is 0 Å². The van der Waals surface area contributed by atoms with Crippen LogP contribution >= 0.6 is 0 Å². The number of hydrazine groups is 2. The van der Waals surface area contributed by atoms with Crippen molar-refractivity contribution < 1.29 is 0 Å². The Morgan fingerprint density at radius 1 is 1.20 bits per heavy atom. The van der Waals surface area contributed by atoms with Gasteiger partial charge in [0.05, 0.1) is 0 Å². The zero-order valence-electron chi connectivity index (χ0n) is 9.13. The largest absolute Gasteiger partial charge is 0.393 e. The molecule has 0 spiro atoms. The number of nitrogens with one attached hydrogen (secondary N) is 3. The van der Waals surface area contributed by atoms with Gasteiger partial charge in [-0.2, -0.15) is 0 Å². The SMILES string of the molecule is CC(C)(C)NNc1ncnc(NN)c1N. The van der Waals surface area contributed by atoms with Crippen molar-refractivity contribution in [3.8, 4) is 0 Å². The minimum Gasteiger partial charge on any atom is -0.393 e. The van der Waals surface area contributed by atoms with Gasteiger partial charge in [0.2, 0.25) is 0 Å². The second-order valence-corrected chi connectivity index (χ2v) is 4.13. The van der Waals surface area contributed by atoms with Crippen LogP contribution in [-0.2, 0) is 0 Å². The average Bonchev–Trinajstić information content (AvgIpc) is 2.15. The minimum atomic E-state index is -0.0896. The summed E-state index contributed by atoms with van der Waals surface area (Å²) in [4.78, 5) is 7.85. The molecule has 15 heavy (non-hydrogen) atoms. The van der Waals surface area contributed by atoms with E-state index in [9.17, 15) is 0 Å². The van der Waals surface area contributed by atoms with Crippen LogP contribution < -0.4 is 27.9 Å². The highest BCUT2D eigenvalue weighted by molar-refractivity contribution is 5.73. The van der Waals surface area contributed by atoms with Crippen LogP contribution in [0.3, 0.4) is 0 Å². The van der Waals surface area contributed by atoms with Crippen molar-refractivity contribution in [1.29, 1.82) is 0 Å². The molecule has 0 saturated heterocycles. The van der Waals surface area contributed by atoms with Gasteiger partial charge in [-0.15, -0.1) is 0 Å². The first kappa shape index (κ1) is 11.5. The van der Waals surface area contributed by atoms with Crippen LogP contribution in [0.1, 0.15) is 20.8 Å². The van der Waals surface area contributed by atoms with Gasteiger partial charge >= 0.3 is 0 Å². The van der Waals surface area contributed by atoms with Crippen molar-refractivity contribution >= 4 is 17.3 Å². The first-order chi connectivity index (χ1) is 6.94. The molecule has 0 unspecified atom stereocenters. The molecule has 1 aromatic rings. The monoisotopic (exact) mass is 211 g/mol. The lowest BCUT2D eigenvalue weighted by Crippen LogP contribution is -2.40. The summed E-state index contributed by atoms with van der Waals surface area (Å²) < 4.78 is 0. The van der Waals surface area contributed by atoms with Crippen LogP contribution in [0.15, 0.2) is 6.33 Å². The zero-order chi connectivity index (χ0) is 11.5. The predicted molar refractivity (Wildman–Crippen MR) is 60.8 cm³/mol. The van der Waals surface area contributed by atoms with Gasteiger partial charge in [0.15, 0.2) is 11.6 Å². The molecule has 7 N–H and O–H groups in total. The maximum absolute atomic E-state index is 5.75. The Morgan fingerprint density at radius 2 is 1.80 bits per heavy atom. The highest BCUT2D eigenvalue weighted by Gasteiger charge is 2.11. The summed E-state index contributed by atoms with van der Waals surface area (Å²) in [6.45, 7) is 6.04. The van der Waals surface area contributed by atoms with Gasteiger partial charge < -0.3 is 16.6 Å². The molecule has 0 bridgehead atoms. The number of nitrogens with zero attached hydrogens (tertiary/aromatic N) is 2. The third-order valence-electron chi connectivity index (χ3n) is 1.58. The van der Waals surface area contributed by atoms with Gasteiger partial charge in [-0.1, -0.05) is 0 Å². The number of nitrogens with two attached hydrogens (primary N) is 2. The van der Waals surface area contributed by atoms with Crippen LogP contribution in [0, 0.1) is 0 Å². The molecule has 1 heterocycles. The average molecular weight is 211 g/mol. The topological polar surface area (TPSA) is 114 Å². The second-order valence-electron chi connectivity index (χ2n) is 4.13. The van der Waals surface area contributed by atoms with Crippen molar-refractivity contribution in [3.05, 3.63) is 6.33 Å². The number of hydrogen-bond acceptors (Lipinski definition) is 7. The summed E-state index contributed by atoms with van der Waals surface area (Å²) in [5.74, 6) is 6.12. The molecule has 0 radical (unpaired) electrons. The van der Waals surface area contributed by atoms with E-state index in [0.717, 1.165) is 0 Å². The Hall–Kier alpha value is -1.60. The molecule has 7 nitrogen and oxygen atoms in total. The summed E-state index contributed by atoms with van der Waals surface area (Å²) in [6.07, 6.45) is 1.37. The normalized spacial score (nSPS) is 11.2. The molecule has 7 heteroatoms. The molecule has 0 aliphatic rings. The molecule has 0 atom stereocenters. The lowest BCUT2D eigenvalue weighted by atomic mass is 10.1. The van der Waals surface area contributed by atoms with E-state index >= 15 is 0 Å². The van der Waals surface area contributed by atoms with Gasteiger partial charge in [0.25, 0.3) is 0 Å². The van der Waals surface area contributed by atoms with E-state index in [0.29, 0.717) is 17.3 Å². The van der Waals surface area contributed by atoms with Crippen molar-refractivity contribution in [3.63, 3.8) is 0 Å². The third-order valence-corrected chi connectivity index (χ3v) is 1.58. The molecule has 1 rings (SSSR count). The van der Waals surface area contributed by atoms with Gasteiger partial charge in [0, 0.05) is 5.54 Å². The first-order valence-corrected chi connectivity index (χ1v) is 4.54. The third kappa shape index (κ3) is 3.22. The van der Waals surface area contributed by atoms with Crippen molar-refractivity contribution in [1.82, 2.24) is 15.4 Å². The van der Waals surface area contributed by atoms with E-state index < -0.39 is 0 Å². The van der Waals surface area contributed by atoms with Crippen LogP contribution in [0.5, 0.6) is 0 Å². The van der Waals surface area contributed by atoms with E-state index in [1.807, 2.05) is 20.8 Å². The lowest BCUT2D eigenvalue weighted by Gasteiger charge is -2.22. The zero-order valence-corrected chi connectivity index (χ0v) is 9.13. The summed E-state index contributed by atoms with van der Waals surface area (Å²) in [5, 5.41) is 0. The van der Waals surface area contributed by atoms with Gasteiger partial charge in [-0.25, -0.2) is 21.2 Å². The maximum Gasteiger partial charge on any atom is 0.169 e.